The summed E-state index contributed by atoms with van der Waals surface area (Å²) in [6.45, 7) is 3.24. The van der Waals surface area contributed by atoms with Crippen LogP contribution in [0, 0.1) is 0 Å². The zero-order chi connectivity index (χ0) is 11.8. The normalized spacial score (nSPS) is 10.1. The quantitative estimate of drug-likeness (QED) is 0.758. The van der Waals surface area contributed by atoms with Crippen LogP contribution in [0.15, 0.2) is 24.3 Å². The molecule has 88 valence electrons. The molecule has 0 heterocycles. The van der Waals surface area contributed by atoms with Gasteiger partial charge in [-0.15, -0.1) is 0 Å². The molecular formula is C13H20N2O. The SMILES string of the molecule is CCc1ccc(CCNC(=O)CCN)cc1. The first-order chi connectivity index (χ1) is 7.76. The second kappa shape index (κ2) is 7.01. The summed E-state index contributed by atoms with van der Waals surface area (Å²) in [6.07, 6.45) is 2.35. The maximum absolute atomic E-state index is 11.1. The van der Waals surface area contributed by atoms with Gasteiger partial charge in [-0.25, -0.2) is 0 Å². The number of carbonyl (C=O) groups excluding carboxylic acids is 1. The van der Waals surface area contributed by atoms with Gasteiger partial charge in [0.05, 0.1) is 0 Å². The standard InChI is InChI=1S/C13H20N2O/c1-2-11-3-5-12(6-4-11)8-10-15-13(16)7-9-14/h3-6H,2,7-10,14H2,1H3,(H,15,16). The van der Waals surface area contributed by atoms with E-state index in [2.05, 4.69) is 36.5 Å². The lowest BCUT2D eigenvalue weighted by molar-refractivity contribution is -0.120. The molecule has 0 aliphatic heterocycles. The highest BCUT2D eigenvalue weighted by atomic mass is 16.1. The smallest absolute Gasteiger partial charge is 0.221 e. The van der Waals surface area contributed by atoms with E-state index >= 15 is 0 Å². The van der Waals surface area contributed by atoms with E-state index in [1.165, 1.54) is 11.1 Å². The van der Waals surface area contributed by atoms with Crippen LogP contribution in [-0.4, -0.2) is 19.0 Å². The van der Waals surface area contributed by atoms with E-state index in [1.54, 1.807) is 0 Å². The van der Waals surface area contributed by atoms with E-state index in [0.717, 1.165) is 12.8 Å². The third-order valence-electron chi connectivity index (χ3n) is 2.54. The summed E-state index contributed by atoms with van der Waals surface area (Å²) in [6, 6.07) is 8.51. The predicted molar refractivity (Wildman–Crippen MR) is 66.2 cm³/mol. The van der Waals surface area contributed by atoms with Gasteiger partial charge in [0.25, 0.3) is 0 Å². The molecule has 0 spiro atoms. The first kappa shape index (κ1) is 12.7. The van der Waals surface area contributed by atoms with Crippen molar-refractivity contribution >= 4 is 5.91 Å². The Bertz CT molecular complexity index is 319. The van der Waals surface area contributed by atoms with Gasteiger partial charge < -0.3 is 11.1 Å². The van der Waals surface area contributed by atoms with Crippen LogP contribution in [0.1, 0.15) is 24.5 Å². The van der Waals surface area contributed by atoms with E-state index in [4.69, 9.17) is 5.73 Å². The molecule has 0 bridgehead atoms. The highest BCUT2D eigenvalue weighted by Crippen LogP contribution is 2.05. The average Bonchev–Trinajstić information content (AvgIpc) is 2.30. The maximum atomic E-state index is 11.1. The second-order valence-electron chi connectivity index (χ2n) is 3.81. The first-order valence-electron chi connectivity index (χ1n) is 5.81. The molecule has 1 aromatic carbocycles. The number of hydrogen-bond donors (Lipinski definition) is 2. The van der Waals surface area contributed by atoms with Gasteiger partial charge in [0.1, 0.15) is 0 Å². The van der Waals surface area contributed by atoms with Gasteiger partial charge in [-0.2, -0.15) is 0 Å². The van der Waals surface area contributed by atoms with Gasteiger partial charge in [-0.1, -0.05) is 31.2 Å². The number of benzene rings is 1. The van der Waals surface area contributed by atoms with Crippen molar-refractivity contribution in [2.24, 2.45) is 5.73 Å². The number of hydrogen-bond acceptors (Lipinski definition) is 2. The number of nitrogens with one attached hydrogen (secondary N) is 1. The Hall–Kier alpha value is -1.35. The molecule has 1 aromatic rings. The van der Waals surface area contributed by atoms with Crippen molar-refractivity contribution in [3.05, 3.63) is 35.4 Å². The summed E-state index contributed by atoms with van der Waals surface area (Å²) in [7, 11) is 0. The number of aryl methyl sites for hydroxylation is 1. The molecule has 0 fully saturated rings. The van der Waals surface area contributed by atoms with Crippen molar-refractivity contribution in [2.75, 3.05) is 13.1 Å². The van der Waals surface area contributed by atoms with Crippen molar-refractivity contribution in [3.8, 4) is 0 Å². The van der Waals surface area contributed by atoms with Gasteiger partial charge in [-0.3, -0.25) is 4.79 Å². The lowest BCUT2D eigenvalue weighted by Crippen LogP contribution is -2.27. The first-order valence-corrected chi connectivity index (χ1v) is 5.81. The summed E-state index contributed by atoms with van der Waals surface area (Å²) in [5.74, 6) is 0.0349. The van der Waals surface area contributed by atoms with Gasteiger partial charge in [0, 0.05) is 19.5 Å². The molecule has 0 aromatic heterocycles. The topological polar surface area (TPSA) is 55.1 Å². The van der Waals surface area contributed by atoms with E-state index in [1.807, 2.05) is 0 Å². The Labute approximate surface area is 97.0 Å². The molecular weight excluding hydrogens is 200 g/mol. The molecule has 1 rings (SSSR count). The third kappa shape index (κ3) is 4.45. The molecule has 0 aliphatic carbocycles. The van der Waals surface area contributed by atoms with Gasteiger partial charge in [-0.05, 0) is 24.0 Å². The van der Waals surface area contributed by atoms with Crippen molar-refractivity contribution in [3.63, 3.8) is 0 Å². The Morgan fingerprint density at radius 3 is 2.44 bits per heavy atom. The monoisotopic (exact) mass is 220 g/mol. The van der Waals surface area contributed by atoms with Crippen LogP contribution in [0.4, 0.5) is 0 Å². The largest absolute Gasteiger partial charge is 0.356 e. The molecule has 1 amide bonds. The summed E-state index contributed by atoms with van der Waals surface area (Å²) in [5, 5.41) is 2.84. The molecule has 0 saturated heterocycles. The van der Waals surface area contributed by atoms with Crippen LogP contribution in [0.2, 0.25) is 0 Å². The fourth-order valence-corrected chi connectivity index (χ4v) is 1.51. The Morgan fingerprint density at radius 1 is 1.25 bits per heavy atom. The summed E-state index contributed by atoms with van der Waals surface area (Å²) in [4.78, 5) is 11.1. The summed E-state index contributed by atoms with van der Waals surface area (Å²) >= 11 is 0. The summed E-state index contributed by atoms with van der Waals surface area (Å²) < 4.78 is 0. The average molecular weight is 220 g/mol. The minimum absolute atomic E-state index is 0.0349. The molecule has 3 nitrogen and oxygen atoms in total. The van der Waals surface area contributed by atoms with Crippen LogP contribution in [0.3, 0.4) is 0 Å². The fourth-order valence-electron chi connectivity index (χ4n) is 1.51. The summed E-state index contributed by atoms with van der Waals surface area (Å²) in [5.41, 5.74) is 7.88. The van der Waals surface area contributed by atoms with Crippen LogP contribution in [0.5, 0.6) is 0 Å². The van der Waals surface area contributed by atoms with Crippen LogP contribution in [-0.2, 0) is 17.6 Å². The lowest BCUT2D eigenvalue weighted by atomic mass is 10.1. The van der Waals surface area contributed by atoms with E-state index < -0.39 is 0 Å². The Morgan fingerprint density at radius 2 is 1.88 bits per heavy atom. The number of nitrogens with two attached hydrogens (primary N) is 1. The van der Waals surface area contributed by atoms with Gasteiger partial charge in [0.2, 0.25) is 5.91 Å². The van der Waals surface area contributed by atoms with Gasteiger partial charge in [0.15, 0.2) is 0 Å². The Balaban J connectivity index is 2.29. The molecule has 0 radical (unpaired) electrons. The fraction of sp³-hybridized carbons (Fsp3) is 0.462. The highest BCUT2D eigenvalue weighted by molar-refractivity contribution is 5.75. The number of carbonyl (C=O) groups is 1. The minimum atomic E-state index is 0.0349. The number of rotatable bonds is 6. The van der Waals surface area contributed by atoms with Crippen LogP contribution >= 0.6 is 0 Å². The minimum Gasteiger partial charge on any atom is -0.356 e. The zero-order valence-corrected chi connectivity index (χ0v) is 9.83. The van der Waals surface area contributed by atoms with Crippen molar-refractivity contribution in [1.29, 1.82) is 0 Å². The van der Waals surface area contributed by atoms with E-state index in [0.29, 0.717) is 19.5 Å². The molecule has 0 unspecified atom stereocenters. The molecule has 0 saturated carbocycles. The Kier molecular flexibility index (Phi) is 5.57. The van der Waals surface area contributed by atoms with E-state index in [9.17, 15) is 4.79 Å². The molecule has 0 atom stereocenters. The van der Waals surface area contributed by atoms with E-state index in [-0.39, 0.29) is 5.91 Å². The van der Waals surface area contributed by atoms with Crippen LogP contribution < -0.4 is 11.1 Å². The molecule has 3 N–H and O–H groups in total. The second-order valence-corrected chi connectivity index (χ2v) is 3.81. The maximum Gasteiger partial charge on any atom is 0.221 e. The van der Waals surface area contributed by atoms with Crippen molar-refractivity contribution in [2.45, 2.75) is 26.2 Å². The number of amides is 1. The van der Waals surface area contributed by atoms with Crippen LogP contribution in [0.25, 0.3) is 0 Å². The lowest BCUT2D eigenvalue weighted by Gasteiger charge is -2.05. The zero-order valence-electron chi connectivity index (χ0n) is 9.83. The molecule has 3 heteroatoms. The van der Waals surface area contributed by atoms with Gasteiger partial charge >= 0.3 is 0 Å². The predicted octanol–water partition coefficient (Wildman–Crippen LogP) is 1.26. The van der Waals surface area contributed by atoms with Crippen molar-refractivity contribution < 1.29 is 4.79 Å². The molecule has 16 heavy (non-hydrogen) atoms. The third-order valence-corrected chi connectivity index (χ3v) is 2.54. The van der Waals surface area contributed by atoms with Crippen molar-refractivity contribution in [1.82, 2.24) is 5.32 Å². The highest BCUT2D eigenvalue weighted by Gasteiger charge is 1.98. The molecule has 0 aliphatic rings.